The Morgan fingerprint density at radius 1 is 1.29 bits per heavy atom. The van der Waals surface area contributed by atoms with Gasteiger partial charge in [0.2, 0.25) is 0 Å². The van der Waals surface area contributed by atoms with Crippen LogP contribution in [0.5, 0.6) is 5.75 Å². The van der Waals surface area contributed by atoms with Crippen LogP contribution in [0.4, 0.5) is 5.69 Å². The van der Waals surface area contributed by atoms with E-state index in [1.165, 1.54) is 11.3 Å². The van der Waals surface area contributed by atoms with Crippen LogP contribution >= 0.6 is 24.0 Å². The van der Waals surface area contributed by atoms with Crippen LogP contribution in [0.1, 0.15) is 19.4 Å². The molecule has 0 aliphatic carbocycles. The van der Waals surface area contributed by atoms with Gasteiger partial charge in [-0.05, 0) is 55.8 Å². The van der Waals surface area contributed by atoms with E-state index in [2.05, 4.69) is 17.6 Å². The van der Waals surface area contributed by atoms with E-state index in [1.807, 2.05) is 38.1 Å². The zero-order valence-electron chi connectivity index (χ0n) is 15.7. The first-order valence-electron chi connectivity index (χ1n) is 8.62. The Balaban J connectivity index is 1.97. The number of rotatable bonds is 5. The smallest absolute Gasteiger partial charge is 0.269 e. The van der Waals surface area contributed by atoms with E-state index in [4.69, 9.17) is 4.74 Å². The molecule has 0 bridgehead atoms. The molecule has 142 valence electrons. The van der Waals surface area contributed by atoms with Gasteiger partial charge in [-0.15, -0.1) is 24.0 Å². The van der Waals surface area contributed by atoms with Crippen LogP contribution in [0.25, 0.3) is 16.3 Å². The van der Waals surface area contributed by atoms with Crippen molar-refractivity contribution in [3.8, 4) is 11.8 Å². The van der Waals surface area contributed by atoms with Crippen LogP contribution in [-0.2, 0) is 4.79 Å². The van der Waals surface area contributed by atoms with Crippen LogP contribution in [0.3, 0.4) is 0 Å². The van der Waals surface area contributed by atoms with E-state index in [0.29, 0.717) is 10.1 Å². The number of thiazole rings is 1. The topological polar surface area (TPSA) is 66.2 Å². The molecule has 7 heteroatoms. The maximum absolute atomic E-state index is 13.2. The Bertz CT molecular complexity index is 1080. The number of hydrogen-bond donors (Lipinski definition) is 1. The number of anilines is 1. The second-order valence-corrected chi connectivity index (χ2v) is 8.12. The van der Waals surface area contributed by atoms with E-state index < -0.39 is 0 Å². The molecule has 0 N–H and O–H groups in total. The van der Waals surface area contributed by atoms with Gasteiger partial charge < -0.3 is 9.64 Å². The number of fused-ring (bicyclic) bond motifs is 1. The number of aromatic nitrogens is 1. The molecular formula is C21H19N3O2S2. The van der Waals surface area contributed by atoms with Crippen molar-refractivity contribution < 1.29 is 9.53 Å². The molecule has 3 aromatic rings. The predicted octanol–water partition coefficient (Wildman–Crippen LogP) is 4.94. The highest BCUT2D eigenvalue weighted by Crippen LogP contribution is 2.30. The molecule has 1 amide bonds. The summed E-state index contributed by atoms with van der Waals surface area (Å²) in [5, 5.41) is 9.60. The lowest BCUT2D eigenvalue weighted by molar-refractivity contribution is -0.115. The highest BCUT2D eigenvalue weighted by molar-refractivity contribution is 7.82. The van der Waals surface area contributed by atoms with E-state index in [1.54, 1.807) is 42.4 Å². The monoisotopic (exact) mass is 409 g/mol. The second-order valence-electron chi connectivity index (χ2n) is 6.36. The van der Waals surface area contributed by atoms with Crippen LogP contribution < -0.4 is 9.64 Å². The van der Waals surface area contributed by atoms with Crippen LogP contribution in [0.15, 0.2) is 52.4 Å². The van der Waals surface area contributed by atoms with Crippen LogP contribution in [-0.4, -0.2) is 24.0 Å². The molecule has 0 radical (unpaired) electrons. The lowest BCUT2D eigenvalue weighted by Gasteiger charge is -2.26. The van der Waals surface area contributed by atoms with Crippen LogP contribution in [0, 0.1) is 11.3 Å². The maximum atomic E-state index is 13.2. The largest absolute Gasteiger partial charge is 0.497 e. The molecule has 0 aliphatic heterocycles. The number of methoxy groups -OCH3 is 1. The zero-order chi connectivity index (χ0) is 20.3. The summed E-state index contributed by atoms with van der Waals surface area (Å²) in [6.07, 6.45) is 1.59. The third-order valence-corrected chi connectivity index (χ3v) is 5.35. The summed E-state index contributed by atoms with van der Waals surface area (Å²) in [6, 6.07) is 14.7. The third kappa shape index (κ3) is 4.19. The standard InChI is InChI=1S/C21H19N3O2S2/c1-13(2)24(16-6-9-18-19(11-16)28-21(27)23-18)20(25)15(12-22)10-14-4-7-17(26-3)8-5-14/h4-11,13H,1-3H3,(H,23,27). The molecule has 0 aliphatic rings. The molecule has 0 unspecified atom stereocenters. The minimum Gasteiger partial charge on any atom is -0.497 e. The SMILES string of the molecule is COc1ccc(C=C(C#N)C(=O)N(c2ccc3nc(S)sc3c2)C(C)C)cc1. The first kappa shape index (κ1) is 19.9. The summed E-state index contributed by atoms with van der Waals surface area (Å²) in [4.78, 5) is 19.1. The summed E-state index contributed by atoms with van der Waals surface area (Å²) in [7, 11) is 1.59. The van der Waals surface area contributed by atoms with E-state index in [9.17, 15) is 10.1 Å². The number of nitriles is 1. The molecule has 3 rings (SSSR count). The average molecular weight is 410 g/mol. The van der Waals surface area contributed by atoms with Gasteiger partial charge >= 0.3 is 0 Å². The Labute approximate surface area is 173 Å². The van der Waals surface area contributed by atoms with Gasteiger partial charge in [0.15, 0.2) is 0 Å². The number of amides is 1. The van der Waals surface area contributed by atoms with Gasteiger partial charge in [-0.3, -0.25) is 4.79 Å². The van der Waals surface area contributed by atoms with E-state index in [0.717, 1.165) is 21.5 Å². The number of nitrogens with zero attached hydrogens (tertiary/aromatic N) is 3. The summed E-state index contributed by atoms with van der Waals surface area (Å²) in [5.74, 6) is 0.371. The fourth-order valence-electron chi connectivity index (χ4n) is 2.84. The number of carbonyl (C=O) groups excluding carboxylic acids is 1. The first-order chi connectivity index (χ1) is 13.4. The predicted molar refractivity (Wildman–Crippen MR) is 116 cm³/mol. The van der Waals surface area contributed by atoms with Crippen molar-refractivity contribution in [1.82, 2.24) is 4.98 Å². The Morgan fingerprint density at radius 2 is 2.00 bits per heavy atom. The van der Waals surface area contributed by atoms with Crippen molar-refractivity contribution in [3.63, 3.8) is 0 Å². The lowest BCUT2D eigenvalue weighted by atomic mass is 10.1. The second kappa shape index (κ2) is 8.46. The maximum Gasteiger partial charge on any atom is 0.269 e. The van der Waals surface area contributed by atoms with Gasteiger partial charge in [-0.25, -0.2) is 4.98 Å². The van der Waals surface area contributed by atoms with Crippen molar-refractivity contribution >= 4 is 51.9 Å². The van der Waals surface area contributed by atoms with Gasteiger partial charge in [0.25, 0.3) is 5.91 Å². The molecule has 0 saturated heterocycles. The summed E-state index contributed by atoms with van der Waals surface area (Å²) in [6.45, 7) is 3.84. The number of ether oxygens (including phenoxy) is 1. The zero-order valence-corrected chi connectivity index (χ0v) is 17.4. The van der Waals surface area contributed by atoms with Crippen molar-refractivity contribution in [2.45, 2.75) is 24.2 Å². The highest BCUT2D eigenvalue weighted by Gasteiger charge is 2.23. The van der Waals surface area contributed by atoms with E-state index in [-0.39, 0.29) is 17.5 Å². The number of hydrogen-bond acceptors (Lipinski definition) is 6. The molecule has 2 aromatic carbocycles. The van der Waals surface area contributed by atoms with Gasteiger partial charge in [0.05, 0.1) is 17.3 Å². The summed E-state index contributed by atoms with van der Waals surface area (Å²) in [5.41, 5.74) is 2.38. The van der Waals surface area contributed by atoms with Crippen LogP contribution in [0.2, 0.25) is 0 Å². The number of carbonyl (C=O) groups is 1. The highest BCUT2D eigenvalue weighted by atomic mass is 32.2. The third-order valence-electron chi connectivity index (χ3n) is 4.15. The van der Waals surface area contributed by atoms with Crippen molar-refractivity contribution in [2.75, 3.05) is 12.0 Å². The minimum absolute atomic E-state index is 0.0677. The number of thiol groups is 1. The Kier molecular flexibility index (Phi) is 6.02. The molecule has 0 saturated carbocycles. The van der Waals surface area contributed by atoms with Crippen molar-refractivity contribution in [2.24, 2.45) is 0 Å². The molecule has 1 heterocycles. The molecular weight excluding hydrogens is 390 g/mol. The Morgan fingerprint density at radius 3 is 2.61 bits per heavy atom. The molecule has 0 atom stereocenters. The Hall–Kier alpha value is -2.82. The fraction of sp³-hybridized carbons (Fsp3) is 0.190. The average Bonchev–Trinajstić information content (AvgIpc) is 3.05. The van der Waals surface area contributed by atoms with Gasteiger partial charge in [-0.1, -0.05) is 12.1 Å². The number of benzene rings is 2. The van der Waals surface area contributed by atoms with E-state index >= 15 is 0 Å². The van der Waals surface area contributed by atoms with Gasteiger partial charge in [0.1, 0.15) is 21.7 Å². The summed E-state index contributed by atoms with van der Waals surface area (Å²) < 4.78 is 6.76. The fourth-order valence-corrected chi connectivity index (χ4v) is 3.98. The first-order valence-corrected chi connectivity index (χ1v) is 9.88. The van der Waals surface area contributed by atoms with Gasteiger partial charge in [-0.2, -0.15) is 5.26 Å². The molecule has 28 heavy (non-hydrogen) atoms. The van der Waals surface area contributed by atoms with Gasteiger partial charge in [0, 0.05) is 11.7 Å². The molecule has 0 fully saturated rings. The lowest BCUT2D eigenvalue weighted by Crippen LogP contribution is -2.37. The minimum atomic E-state index is -0.344. The normalized spacial score (nSPS) is 11.5. The summed E-state index contributed by atoms with van der Waals surface area (Å²) >= 11 is 5.74. The molecule has 0 spiro atoms. The molecule has 5 nitrogen and oxygen atoms in total. The quantitative estimate of drug-likeness (QED) is 0.368. The molecule has 1 aromatic heterocycles. The van der Waals surface area contributed by atoms with Crippen molar-refractivity contribution in [1.29, 1.82) is 5.26 Å². The van der Waals surface area contributed by atoms with Crippen molar-refractivity contribution in [3.05, 3.63) is 53.6 Å².